The number of alkyl halides is 3. The van der Waals surface area contributed by atoms with Crippen LogP contribution in [0.3, 0.4) is 0 Å². The monoisotopic (exact) mass is 182 g/mol. The minimum atomic E-state index is -4.17. The Kier molecular flexibility index (Phi) is 4.39. The van der Waals surface area contributed by atoms with E-state index in [1.807, 2.05) is 0 Å². The molecule has 0 aromatic carbocycles. The van der Waals surface area contributed by atoms with Gasteiger partial charge in [-0.05, 0) is 6.42 Å². The molecule has 2 nitrogen and oxygen atoms in total. The molecule has 0 spiro atoms. The van der Waals surface area contributed by atoms with Crippen LogP contribution in [0.4, 0.5) is 13.2 Å². The van der Waals surface area contributed by atoms with Crippen molar-refractivity contribution in [2.45, 2.75) is 19.0 Å². The van der Waals surface area contributed by atoms with Crippen LogP contribution in [0.5, 0.6) is 0 Å². The van der Waals surface area contributed by atoms with Gasteiger partial charge in [0.05, 0.1) is 7.11 Å². The van der Waals surface area contributed by atoms with Gasteiger partial charge in [-0.2, -0.15) is 13.2 Å². The van der Waals surface area contributed by atoms with E-state index in [2.05, 4.69) is 4.74 Å². The number of halogens is 3. The minimum absolute atomic E-state index is 0.196. The first-order valence-corrected chi connectivity index (χ1v) is 3.27. The second kappa shape index (κ2) is 4.79. The van der Waals surface area contributed by atoms with E-state index in [9.17, 15) is 18.0 Å². The van der Waals surface area contributed by atoms with Crippen LogP contribution in [0.1, 0.15) is 12.8 Å². The normalized spacial score (nSPS) is 12.0. The van der Waals surface area contributed by atoms with E-state index in [-0.39, 0.29) is 6.42 Å². The average Bonchev–Trinajstić information content (AvgIpc) is 1.96. The number of hydrogen-bond acceptors (Lipinski definition) is 2. The highest BCUT2D eigenvalue weighted by Gasteiger charge is 2.25. The molecule has 0 bridgehead atoms. The zero-order valence-electron chi connectivity index (χ0n) is 6.52. The van der Waals surface area contributed by atoms with Gasteiger partial charge in [-0.25, -0.2) is 4.79 Å². The fraction of sp³-hybridized carbons (Fsp3) is 0.571. The van der Waals surface area contributed by atoms with Crippen molar-refractivity contribution in [2.75, 3.05) is 7.11 Å². The summed E-state index contributed by atoms with van der Waals surface area (Å²) in [4.78, 5) is 10.3. The summed E-state index contributed by atoms with van der Waals surface area (Å²) in [7, 11) is 1.16. The lowest BCUT2D eigenvalue weighted by Gasteiger charge is -2.01. The van der Waals surface area contributed by atoms with Gasteiger partial charge >= 0.3 is 12.1 Å². The standard InChI is InChI=1S/C7H9F3O2/c1-12-6(11)4-2-3-5-7(8,9)10/h2,4H,3,5H2,1H3/b4-2+. The minimum Gasteiger partial charge on any atom is -0.466 e. The lowest BCUT2D eigenvalue weighted by Crippen LogP contribution is -2.05. The first-order valence-electron chi connectivity index (χ1n) is 3.27. The Labute approximate surface area is 68.0 Å². The van der Waals surface area contributed by atoms with E-state index in [1.165, 1.54) is 0 Å². The molecule has 0 aromatic rings. The predicted molar refractivity (Wildman–Crippen MR) is 36.4 cm³/mol. The third-order valence-electron chi connectivity index (χ3n) is 1.05. The summed E-state index contributed by atoms with van der Waals surface area (Å²) in [6.07, 6.45) is -3.16. The first-order chi connectivity index (χ1) is 5.45. The van der Waals surface area contributed by atoms with Crippen LogP contribution in [0, 0.1) is 0 Å². The Morgan fingerprint density at radius 3 is 2.50 bits per heavy atom. The van der Waals surface area contributed by atoms with Crippen molar-refractivity contribution >= 4 is 5.97 Å². The van der Waals surface area contributed by atoms with Gasteiger partial charge in [0.2, 0.25) is 0 Å². The highest BCUT2D eigenvalue weighted by molar-refractivity contribution is 5.81. The third-order valence-corrected chi connectivity index (χ3v) is 1.05. The molecule has 0 N–H and O–H groups in total. The van der Waals surface area contributed by atoms with Gasteiger partial charge in [0.1, 0.15) is 0 Å². The Hall–Kier alpha value is -1.00. The molecular weight excluding hydrogens is 173 g/mol. The van der Waals surface area contributed by atoms with Crippen LogP contribution in [0.2, 0.25) is 0 Å². The van der Waals surface area contributed by atoms with E-state index < -0.39 is 18.6 Å². The number of ether oxygens (including phenoxy) is 1. The predicted octanol–water partition coefficient (Wildman–Crippen LogP) is 2.06. The molecular formula is C7H9F3O2. The van der Waals surface area contributed by atoms with Crippen molar-refractivity contribution in [2.24, 2.45) is 0 Å². The Morgan fingerprint density at radius 1 is 1.50 bits per heavy atom. The number of hydrogen-bond donors (Lipinski definition) is 0. The molecule has 0 aliphatic heterocycles. The van der Waals surface area contributed by atoms with E-state index in [0.29, 0.717) is 0 Å². The summed E-state index contributed by atoms with van der Waals surface area (Å²) < 4.78 is 38.7. The van der Waals surface area contributed by atoms with Gasteiger partial charge < -0.3 is 4.74 Å². The largest absolute Gasteiger partial charge is 0.466 e. The topological polar surface area (TPSA) is 26.3 Å². The van der Waals surface area contributed by atoms with Crippen molar-refractivity contribution in [1.82, 2.24) is 0 Å². The number of esters is 1. The maximum atomic E-state index is 11.5. The maximum Gasteiger partial charge on any atom is 0.389 e. The van der Waals surface area contributed by atoms with Gasteiger partial charge in [-0.15, -0.1) is 0 Å². The Morgan fingerprint density at radius 2 is 2.08 bits per heavy atom. The zero-order valence-corrected chi connectivity index (χ0v) is 6.52. The van der Waals surface area contributed by atoms with Gasteiger partial charge in [-0.1, -0.05) is 6.08 Å². The smallest absolute Gasteiger partial charge is 0.389 e. The van der Waals surface area contributed by atoms with Crippen LogP contribution >= 0.6 is 0 Å². The quantitative estimate of drug-likeness (QED) is 0.493. The number of carbonyl (C=O) groups is 1. The molecule has 12 heavy (non-hydrogen) atoms. The molecule has 70 valence electrons. The summed E-state index contributed by atoms with van der Waals surface area (Å²) in [6.45, 7) is 0. The van der Waals surface area contributed by atoms with Crippen LogP contribution in [0.15, 0.2) is 12.2 Å². The highest BCUT2D eigenvalue weighted by atomic mass is 19.4. The fourth-order valence-electron chi connectivity index (χ4n) is 0.495. The molecule has 0 amide bonds. The molecule has 0 radical (unpaired) electrons. The molecule has 0 fully saturated rings. The molecule has 0 aromatic heterocycles. The Bertz CT molecular complexity index is 172. The second-order valence-corrected chi connectivity index (χ2v) is 2.08. The number of rotatable bonds is 3. The average molecular weight is 182 g/mol. The lowest BCUT2D eigenvalue weighted by molar-refractivity contribution is -0.136. The van der Waals surface area contributed by atoms with Crippen molar-refractivity contribution in [3.63, 3.8) is 0 Å². The van der Waals surface area contributed by atoms with Crippen molar-refractivity contribution in [3.05, 3.63) is 12.2 Å². The van der Waals surface area contributed by atoms with Crippen molar-refractivity contribution in [3.8, 4) is 0 Å². The van der Waals surface area contributed by atoms with E-state index in [1.54, 1.807) is 0 Å². The van der Waals surface area contributed by atoms with E-state index >= 15 is 0 Å². The summed E-state index contributed by atoms with van der Waals surface area (Å²) in [5, 5.41) is 0. The fourth-order valence-corrected chi connectivity index (χ4v) is 0.495. The molecule has 5 heteroatoms. The van der Waals surface area contributed by atoms with Gasteiger partial charge in [0.15, 0.2) is 0 Å². The van der Waals surface area contributed by atoms with E-state index in [4.69, 9.17) is 0 Å². The van der Waals surface area contributed by atoms with Gasteiger partial charge in [-0.3, -0.25) is 0 Å². The summed E-state index contributed by atoms with van der Waals surface area (Å²) in [6, 6.07) is 0. The van der Waals surface area contributed by atoms with Gasteiger partial charge in [0.25, 0.3) is 0 Å². The third kappa shape index (κ3) is 7.11. The summed E-state index contributed by atoms with van der Waals surface area (Å²) >= 11 is 0. The molecule has 0 aliphatic rings. The molecule has 0 atom stereocenters. The molecule has 0 saturated carbocycles. The molecule has 0 aliphatic carbocycles. The molecule has 0 rings (SSSR count). The molecule has 0 unspecified atom stereocenters. The van der Waals surface area contributed by atoms with E-state index in [0.717, 1.165) is 19.3 Å². The summed E-state index contributed by atoms with van der Waals surface area (Å²) in [5.74, 6) is -0.642. The van der Waals surface area contributed by atoms with Crippen molar-refractivity contribution in [1.29, 1.82) is 0 Å². The Balaban J connectivity index is 3.56. The zero-order chi connectivity index (χ0) is 9.61. The highest BCUT2D eigenvalue weighted by Crippen LogP contribution is 2.21. The SMILES string of the molecule is COC(=O)/C=C/CCC(F)(F)F. The molecule has 0 heterocycles. The van der Waals surface area contributed by atoms with Crippen LogP contribution < -0.4 is 0 Å². The summed E-state index contributed by atoms with van der Waals surface area (Å²) in [5.41, 5.74) is 0. The number of carbonyl (C=O) groups excluding carboxylic acids is 1. The first kappa shape index (κ1) is 11.0. The number of allylic oxidation sites excluding steroid dienone is 1. The number of methoxy groups -OCH3 is 1. The second-order valence-electron chi connectivity index (χ2n) is 2.08. The van der Waals surface area contributed by atoms with Crippen LogP contribution in [-0.4, -0.2) is 19.3 Å². The lowest BCUT2D eigenvalue weighted by atomic mass is 10.3. The van der Waals surface area contributed by atoms with Crippen LogP contribution in [-0.2, 0) is 9.53 Å². The molecule has 0 saturated heterocycles. The van der Waals surface area contributed by atoms with Crippen LogP contribution in [0.25, 0.3) is 0 Å². The van der Waals surface area contributed by atoms with Gasteiger partial charge in [0, 0.05) is 12.5 Å². The van der Waals surface area contributed by atoms with Crippen molar-refractivity contribution < 1.29 is 22.7 Å². The maximum absolute atomic E-state index is 11.5.